The molecule has 4 heteroatoms. The summed E-state index contributed by atoms with van der Waals surface area (Å²) in [4.78, 5) is 0. The van der Waals surface area contributed by atoms with Crippen LogP contribution in [0.3, 0.4) is 0 Å². The predicted molar refractivity (Wildman–Crippen MR) is 112 cm³/mol. The van der Waals surface area contributed by atoms with Crippen LogP contribution in [-0.4, -0.2) is 5.43 Å². The normalized spacial score (nSPS) is 13.0. The summed E-state index contributed by atoms with van der Waals surface area (Å²) in [6, 6.07) is 0. The zero-order valence-electron chi connectivity index (χ0n) is 15.6. The molecule has 0 aliphatic heterocycles. The van der Waals surface area contributed by atoms with Crippen LogP contribution in [-0.2, 0) is 23.3 Å². The molecule has 136 valence electrons. The molecule has 0 aromatic rings. The number of unbranched alkanes of at least 4 members (excludes halogenated alkanes) is 5. The minimum atomic E-state index is 0. The molecule has 0 nitrogen and oxygen atoms in total. The Labute approximate surface area is 178 Å². The minimum absolute atomic E-state index is 0. The largest absolute Gasteiger partial charge is 0.273 e. The van der Waals surface area contributed by atoms with Gasteiger partial charge in [0.05, 0.1) is 0 Å². The Balaban J connectivity index is -0.000000335. The first-order valence-electron chi connectivity index (χ1n) is 8.66. The second kappa shape index (κ2) is 23.6. The van der Waals surface area contributed by atoms with E-state index in [0.717, 1.165) is 12.8 Å². The number of halogens is 2. The molecule has 0 spiro atoms. The monoisotopic (exact) mass is 462 g/mol. The zero-order valence-corrected chi connectivity index (χ0v) is 20.7. The van der Waals surface area contributed by atoms with Crippen LogP contribution >= 0.6 is 24.8 Å². The molecule has 2 aliphatic rings. The van der Waals surface area contributed by atoms with Gasteiger partial charge in [0.2, 0.25) is 0 Å². The van der Waals surface area contributed by atoms with Gasteiger partial charge < -0.3 is 0 Å². The quantitative estimate of drug-likeness (QED) is 0.210. The van der Waals surface area contributed by atoms with E-state index in [2.05, 4.69) is 50.4 Å². The fourth-order valence-corrected chi connectivity index (χ4v) is 2.06. The molecule has 0 heterocycles. The maximum atomic E-state index is 3.22. The summed E-state index contributed by atoms with van der Waals surface area (Å²) in [5.74, 6) is 0. The number of hydrogen-bond donors (Lipinski definition) is 0. The van der Waals surface area contributed by atoms with Crippen molar-refractivity contribution in [3.05, 3.63) is 48.1 Å². The van der Waals surface area contributed by atoms with Crippen molar-refractivity contribution in [2.45, 2.75) is 77.8 Å². The summed E-state index contributed by atoms with van der Waals surface area (Å²) in [5.41, 5.74) is 1.72. The van der Waals surface area contributed by atoms with E-state index in [1.165, 1.54) is 50.5 Å². The Hall–Kier alpha value is 0.640. The van der Waals surface area contributed by atoms with Crippen LogP contribution in [0.15, 0.2) is 36.0 Å². The fraction of sp³-hybridized carbons (Fsp3) is 0.600. The van der Waals surface area contributed by atoms with E-state index < -0.39 is 0 Å². The van der Waals surface area contributed by atoms with E-state index in [-0.39, 0.29) is 30.2 Å². The summed E-state index contributed by atoms with van der Waals surface area (Å²) in [7, 11) is 0. The third-order valence-corrected chi connectivity index (χ3v) is 3.17. The molecule has 0 unspecified atom stereocenters. The minimum Gasteiger partial charge on any atom is -0.273 e. The smallest absolute Gasteiger partial charge is 0.109 e. The van der Waals surface area contributed by atoms with Gasteiger partial charge in [-0.1, -0.05) is 51.9 Å². The fourth-order valence-electron chi connectivity index (χ4n) is 2.06. The molecule has 0 aromatic heterocycles. The first-order valence-corrected chi connectivity index (χ1v) is 14.8. The van der Waals surface area contributed by atoms with Crippen LogP contribution in [0.5, 0.6) is 0 Å². The van der Waals surface area contributed by atoms with E-state index in [9.17, 15) is 0 Å². The van der Waals surface area contributed by atoms with Gasteiger partial charge in [-0.15, -0.1) is 37.7 Å². The van der Waals surface area contributed by atoms with E-state index in [4.69, 9.17) is 0 Å². The van der Waals surface area contributed by atoms with Crippen molar-refractivity contribution in [1.82, 2.24) is 0 Å². The second-order valence-electron chi connectivity index (χ2n) is 5.85. The van der Waals surface area contributed by atoms with Crippen LogP contribution < -0.4 is 0 Å². The van der Waals surface area contributed by atoms with Crippen LogP contribution in [0.1, 0.15) is 64.7 Å². The van der Waals surface area contributed by atoms with Gasteiger partial charge in [-0.3, -0.25) is 12.2 Å². The average Bonchev–Trinajstić information content (AvgIpc) is 3.17. The van der Waals surface area contributed by atoms with Crippen LogP contribution in [0.2, 0.25) is 13.1 Å². The number of hydrogen-bond acceptors (Lipinski definition) is 0. The molecule has 0 atom stereocenters. The van der Waals surface area contributed by atoms with Crippen LogP contribution in [0.4, 0.5) is 0 Å². The molecule has 0 amide bonds. The standard InChI is InChI=1S/C13H21.C5H5.C2H6Si.2ClH.Zr/c1-2-3-4-5-6-7-10-13-11-8-9-12-13;1-2-4-5-3-1;1-3-2;;;/h11-12H,2-8,10H2,1H3;1-3H,4H2;1-2H3;2*1H;/q2*-1;;;;+2. The molecule has 0 N–H and O–H groups in total. The molecular formula is C20H34Cl2SiZr. The Morgan fingerprint density at radius 1 is 1.00 bits per heavy atom. The van der Waals surface area contributed by atoms with E-state index >= 15 is 0 Å². The van der Waals surface area contributed by atoms with Crippen molar-refractivity contribution in [3.8, 4) is 0 Å². The summed E-state index contributed by atoms with van der Waals surface area (Å²) >= 11 is 1.74. The Kier molecular flexibility index (Phi) is 29.0. The van der Waals surface area contributed by atoms with Gasteiger partial charge >= 0.3 is 41.9 Å². The third-order valence-electron chi connectivity index (χ3n) is 3.17. The van der Waals surface area contributed by atoms with E-state index in [0.29, 0.717) is 0 Å². The summed E-state index contributed by atoms with van der Waals surface area (Å²) in [6.07, 6.45) is 28.4. The first kappa shape index (κ1) is 29.4. The van der Waals surface area contributed by atoms with Gasteiger partial charge in [0.25, 0.3) is 0 Å². The van der Waals surface area contributed by atoms with Gasteiger partial charge in [-0.05, 0) is 0 Å². The Morgan fingerprint density at radius 3 is 2.04 bits per heavy atom. The maximum Gasteiger partial charge on any atom is -0.109 e. The van der Waals surface area contributed by atoms with Gasteiger partial charge in [0.1, 0.15) is 0 Å². The van der Waals surface area contributed by atoms with Crippen molar-refractivity contribution in [1.29, 1.82) is 0 Å². The first-order chi connectivity index (χ1) is 10.7. The molecular weight excluding hydrogens is 430 g/mol. The second-order valence-corrected chi connectivity index (χ2v) is 15.2. The molecule has 2 rings (SSSR count). The molecule has 0 saturated heterocycles. The van der Waals surface area contributed by atoms with Crippen molar-refractivity contribution in [2.24, 2.45) is 0 Å². The van der Waals surface area contributed by atoms with Crippen molar-refractivity contribution < 1.29 is 23.3 Å². The molecule has 0 aromatic carbocycles. The van der Waals surface area contributed by atoms with Crippen molar-refractivity contribution in [3.63, 3.8) is 0 Å². The Morgan fingerprint density at radius 2 is 1.62 bits per heavy atom. The molecule has 0 saturated carbocycles. The van der Waals surface area contributed by atoms with E-state index in [1.807, 2.05) is 12.2 Å². The van der Waals surface area contributed by atoms with Crippen molar-refractivity contribution in [2.75, 3.05) is 0 Å². The molecule has 2 aliphatic carbocycles. The topological polar surface area (TPSA) is 0 Å². The van der Waals surface area contributed by atoms with Crippen molar-refractivity contribution >= 4 is 30.2 Å². The molecule has 24 heavy (non-hydrogen) atoms. The summed E-state index contributed by atoms with van der Waals surface area (Å²) in [6.45, 7) is 6.88. The van der Waals surface area contributed by atoms with Crippen LogP contribution in [0.25, 0.3) is 0 Å². The Bertz CT molecular complexity index is 384. The summed E-state index contributed by atoms with van der Waals surface area (Å²) in [5, 5.41) is 0. The third kappa shape index (κ3) is 24.9. The van der Waals surface area contributed by atoms with Gasteiger partial charge in [-0.2, -0.15) is 12.2 Å². The van der Waals surface area contributed by atoms with Gasteiger partial charge in [-0.25, -0.2) is 23.8 Å². The van der Waals surface area contributed by atoms with Gasteiger partial charge in [0, 0.05) is 0 Å². The van der Waals surface area contributed by atoms with E-state index in [1.54, 1.807) is 23.3 Å². The van der Waals surface area contributed by atoms with Crippen LogP contribution in [0, 0.1) is 12.2 Å². The maximum absolute atomic E-state index is 3.22. The molecule has 0 fully saturated rings. The SMILES string of the molecule is CCCCCCCCC1=CC[C-]=C1.C[Si](C)=[Zr+2].Cl.Cl.[C-]1=CC=CC1. The number of allylic oxidation sites excluding steroid dienone is 8. The molecule has 0 radical (unpaired) electrons. The number of rotatable bonds is 7. The zero-order chi connectivity index (χ0) is 16.5. The summed E-state index contributed by atoms with van der Waals surface area (Å²) < 4.78 is 0. The predicted octanol–water partition coefficient (Wildman–Crippen LogP) is 7.36. The average molecular weight is 465 g/mol. The van der Waals surface area contributed by atoms with Gasteiger partial charge in [0.15, 0.2) is 0 Å². The molecule has 0 bridgehead atoms.